The summed E-state index contributed by atoms with van der Waals surface area (Å²) in [6.07, 6.45) is 3.84. The zero-order valence-corrected chi connectivity index (χ0v) is 11.9. The smallest absolute Gasteiger partial charge is 0.169 e. The Morgan fingerprint density at radius 3 is 2.37 bits per heavy atom. The van der Waals surface area contributed by atoms with Crippen molar-refractivity contribution in [3.05, 3.63) is 53.6 Å². The Balaban J connectivity index is 2.37. The molecule has 0 spiro atoms. The number of fused-ring (bicyclic) bond motifs is 3. The van der Waals surface area contributed by atoms with Crippen LogP contribution >= 0.6 is 0 Å². The number of Topliss-reactive ketones (excluding diaryl/α,β-unsaturated/α-hetero) is 1. The van der Waals surface area contributed by atoms with Crippen LogP contribution in [0.15, 0.2) is 47.4 Å². The second-order valence-corrected chi connectivity index (χ2v) is 8.49. The average Bonchev–Trinajstić information content (AvgIpc) is 2.37. The largest absolute Gasteiger partial charge is 0.294 e. The zero-order valence-electron chi connectivity index (χ0n) is 11.0. The normalized spacial score (nSPS) is 14.7. The Kier molecular flexibility index (Phi) is 2.68. The van der Waals surface area contributed by atoms with Crippen LogP contribution < -0.4 is 0 Å². The summed E-state index contributed by atoms with van der Waals surface area (Å²) in [6, 6.07) is 13.6. The molecule has 0 unspecified atom stereocenters. The van der Waals surface area contributed by atoms with E-state index in [4.69, 9.17) is 0 Å². The van der Waals surface area contributed by atoms with Crippen molar-refractivity contribution in [2.24, 2.45) is 0 Å². The molecule has 0 radical (unpaired) electrons. The van der Waals surface area contributed by atoms with Gasteiger partial charge in [-0.15, -0.1) is 0 Å². The fourth-order valence-corrected chi connectivity index (χ4v) is 3.93. The first-order valence-corrected chi connectivity index (χ1v) is 8.88. The molecule has 0 amide bonds. The molecular formula is C16H16O2S. The van der Waals surface area contributed by atoms with Gasteiger partial charge in [0.1, 0.15) is 0 Å². The molecule has 2 nitrogen and oxygen atoms in total. The number of ketones is 1. The van der Waals surface area contributed by atoms with E-state index in [1.807, 2.05) is 42.5 Å². The van der Waals surface area contributed by atoms with Crippen LogP contribution in [0.1, 0.15) is 15.9 Å². The molecule has 19 heavy (non-hydrogen) atoms. The van der Waals surface area contributed by atoms with Crippen molar-refractivity contribution in [2.75, 3.05) is 12.5 Å². The summed E-state index contributed by atoms with van der Waals surface area (Å²) in [7, 11) is -2.45. The summed E-state index contributed by atoms with van der Waals surface area (Å²) in [5.74, 6) is 0.0771. The monoisotopic (exact) mass is 272 g/mol. The van der Waals surface area contributed by atoms with Gasteiger partial charge in [-0.25, -0.2) is 0 Å². The molecule has 2 aromatic carbocycles. The summed E-state index contributed by atoms with van der Waals surface area (Å²) >= 11 is 0. The third-order valence-electron chi connectivity index (χ3n) is 3.56. The van der Waals surface area contributed by atoms with Crippen LogP contribution in [-0.4, -0.2) is 22.5 Å². The van der Waals surface area contributed by atoms with Crippen LogP contribution in [0.4, 0.5) is 0 Å². The van der Waals surface area contributed by atoms with Crippen molar-refractivity contribution in [1.82, 2.24) is 0 Å². The maximum absolute atomic E-state index is 12.4. The van der Waals surface area contributed by atoms with Crippen LogP contribution in [0.2, 0.25) is 0 Å². The van der Waals surface area contributed by atoms with E-state index in [1.165, 1.54) is 0 Å². The first-order valence-electron chi connectivity index (χ1n) is 6.28. The third kappa shape index (κ3) is 1.94. The molecule has 1 aliphatic rings. The van der Waals surface area contributed by atoms with Gasteiger partial charge in [0.2, 0.25) is 0 Å². The second kappa shape index (κ2) is 4.14. The van der Waals surface area contributed by atoms with E-state index >= 15 is 0 Å². The van der Waals surface area contributed by atoms with E-state index in [2.05, 4.69) is 0 Å². The summed E-state index contributed by atoms with van der Waals surface area (Å²) in [4.78, 5) is 13.1. The lowest BCUT2D eigenvalue weighted by Gasteiger charge is -2.24. The van der Waals surface area contributed by atoms with Gasteiger partial charge in [0, 0.05) is 16.9 Å². The molecule has 0 atom stereocenters. The lowest BCUT2D eigenvalue weighted by molar-refractivity contribution is 0.0989. The molecule has 0 aliphatic heterocycles. The first-order chi connectivity index (χ1) is 8.98. The highest BCUT2D eigenvalue weighted by atomic mass is 32.2. The molecule has 0 fully saturated rings. The highest BCUT2D eigenvalue weighted by Gasteiger charge is 2.26. The van der Waals surface area contributed by atoms with E-state index in [-0.39, 0.29) is 5.78 Å². The van der Waals surface area contributed by atoms with Gasteiger partial charge in [0.15, 0.2) is 5.78 Å². The van der Waals surface area contributed by atoms with E-state index < -0.39 is 9.93 Å². The van der Waals surface area contributed by atoms with Crippen molar-refractivity contribution < 1.29 is 9.00 Å². The van der Waals surface area contributed by atoms with Gasteiger partial charge >= 0.3 is 0 Å². The van der Waals surface area contributed by atoms with Gasteiger partial charge in [-0.05, 0) is 35.3 Å². The molecule has 2 aromatic rings. The van der Waals surface area contributed by atoms with Crippen molar-refractivity contribution in [3.63, 3.8) is 0 Å². The number of benzene rings is 2. The number of hydrogen-bond donors (Lipinski definition) is 1. The lowest BCUT2D eigenvalue weighted by atomic mass is 9.85. The van der Waals surface area contributed by atoms with Gasteiger partial charge in [-0.1, -0.05) is 46.3 Å². The van der Waals surface area contributed by atoms with Gasteiger partial charge in [0.05, 0.1) is 0 Å². The van der Waals surface area contributed by atoms with Crippen LogP contribution in [-0.2, 0) is 16.4 Å². The predicted octanol–water partition coefficient (Wildman–Crippen LogP) is 2.73. The highest BCUT2D eigenvalue weighted by molar-refractivity contribution is 8.01. The van der Waals surface area contributed by atoms with E-state index in [0.717, 1.165) is 16.7 Å². The molecule has 3 heteroatoms. The standard InChI is InChI=1S/C16H16O2S/c1-19(2,18)15-9-5-8-13-12-7-4-3-6-11(12)10-14(17)16(13)15/h3-9,19H,10H2,1-2H3. The Labute approximate surface area is 113 Å². The van der Waals surface area contributed by atoms with Gasteiger partial charge in [-0.3, -0.25) is 9.00 Å². The average molecular weight is 272 g/mol. The van der Waals surface area contributed by atoms with Gasteiger partial charge < -0.3 is 0 Å². The lowest BCUT2D eigenvalue weighted by Crippen LogP contribution is -2.19. The highest BCUT2D eigenvalue weighted by Crippen LogP contribution is 2.37. The molecule has 0 aromatic heterocycles. The van der Waals surface area contributed by atoms with Crippen LogP contribution in [0.5, 0.6) is 0 Å². The van der Waals surface area contributed by atoms with E-state index in [1.54, 1.807) is 12.5 Å². The van der Waals surface area contributed by atoms with E-state index in [0.29, 0.717) is 16.9 Å². The minimum Gasteiger partial charge on any atom is -0.294 e. The number of carbonyl (C=O) groups excluding carboxylic acids is 1. The number of carbonyl (C=O) groups is 1. The molecule has 1 aliphatic carbocycles. The number of rotatable bonds is 1. The minimum absolute atomic E-state index is 0.0771. The summed E-state index contributed by atoms with van der Waals surface area (Å²) in [5, 5.41) is 0. The maximum Gasteiger partial charge on any atom is 0.169 e. The third-order valence-corrected chi connectivity index (χ3v) is 5.09. The van der Waals surface area contributed by atoms with Gasteiger partial charge in [0.25, 0.3) is 0 Å². The van der Waals surface area contributed by atoms with Crippen molar-refractivity contribution in [1.29, 1.82) is 0 Å². The van der Waals surface area contributed by atoms with Crippen LogP contribution in [0.25, 0.3) is 11.1 Å². The zero-order chi connectivity index (χ0) is 13.6. The maximum atomic E-state index is 12.4. The molecular weight excluding hydrogens is 256 g/mol. The molecule has 0 N–H and O–H groups in total. The topological polar surface area (TPSA) is 34.1 Å². The molecule has 0 saturated carbocycles. The summed E-state index contributed by atoms with van der Waals surface area (Å²) < 4.78 is 12.4. The van der Waals surface area contributed by atoms with Crippen LogP contribution in [0.3, 0.4) is 0 Å². The summed E-state index contributed by atoms with van der Waals surface area (Å²) in [5.41, 5.74) is 3.73. The van der Waals surface area contributed by atoms with Crippen LogP contribution in [0, 0.1) is 0 Å². The second-order valence-electron chi connectivity index (χ2n) is 5.31. The Hall–Kier alpha value is -1.74. The van der Waals surface area contributed by atoms with Crippen molar-refractivity contribution in [2.45, 2.75) is 11.3 Å². The molecule has 98 valence electrons. The van der Waals surface area contributed by atoms with Crippen molar-refractivity contribution >= 4 is 15.7 Å². The molecule has 0 heterocycles. The number of hydrogen-bond acceptors (Lipinski definition) is 2. The Morgan fingerprint density at radius 2 is 1.63 bits per heavy atom. The first kappa shape index (κ1) is 12.3. The molecule has 0 bridgehead atoms. The quantitative estimate of drug-likeness (QED) is 0.810. The SMILES string of the molecule is C[SH](C)(=O)c1cccc2c1C(=O)Cc1ccccc1-2. The number of thiol groups is 1. The van der Waals surface area contributed by atoms with Crippen molar-refractivity contribution in [3.8, 4) is 11.1 Å². The van der Waals surface area contributed by atoms with E-state index in [9.17, 15) is 9.00 Å². The Morgan fingerprint density at radius 1 is 0.947 bits per heavy atom. The molecule has 3 rings (SSSR count). The minimum atomic E-state index is -2.45. The predicted molar refractivity (Wildman–Crippen MR) is 79.6 cm³/mol. The van der Waals surface area contributed by atoms with Gasteiger partial charge in [-0.2, -0.15) is 0 Å². The Bertz CT molecular complexity index is 725. The fourth-order valence-electron chi connectivity index (χ4n) is 2.70. The molecule has 0 saturated heterocycles. The fraction of sp³-hybridized carbons (Fsp3) is 0.188. The summed E-state index contributed by atoms with van der Waals surface area (Å²) in [6.45, 7) is 0.